The molecule has 0 aliphatic heterocycles. The van der Waals surface area contributed by atoms with E-state index in [1.807, 2.05) is 6.07 Å². The minimum atomic E-state index is -0.622. The lowest BCUT2D eigenvalue weighted by Gasteiger charge is -2.06. The summed E-state index contributed by atoms with van der Waals surface area (Å²) in [5, 5.41) is 26.1. The highest BCUT2D eigenvalue weighted by molar-refractivity contribution is 8.15. The fourth-order valence-corrected chi connectivity index (χ4v) is 3.23. The SMILES string of the molecule is CCCCCCCCCCCCS(CC#N)=C(O)O. The number of hydrogen-bond donors (Lipinski definition) is 2. The first-order valence-corrected chi connectivity index (χ1v) is 9.08. The van der Waals surface area contributed by atoms with Gasteiger partial charge in [-0.25, -0.2) is 0 Å². The molecule has 0 heterocycles. The summed E-state index contributed by atoms with van der Waals surface area (Å²) in [6, 6.07) is 2.01. The summed E-state index contributed by atoms with van der Waals surface area (Å²) in [6.45, 7) is 2.24. The van der Waals surface area contributed by atoms with E-state index in [2.05, 4.69) is 6.92 Å². The maximum Gasteiger partial charge on any atom is 0.206 e. The zero-order valence-electron chi connectivity index (χ0n) is 12.2. The van der Waals surface area contributed by atoms with Gasteiger partial charge in [0.15, 0.2) is 0 Å². The van der Waals surface area contributed by atoms with Gasteiger partial charge in [0.25, 0.3) is 0 Å². The summed E-state index contributed by atoms with van der Waals surface area (Å²) < 4.78 is 0. The van der Waals surface area contributed by atoms with E-state index >= 15 is 0 Å². The van der Waals surface area contributed by atoms with Crippen molar-refractivity contribution in [1.29, 1.82) is 5.26 Å². The fourth-order valence-electron chi connectivity index (χ4n) is 2.07. The zero-order chi connectivity index (χ0) is 14.3. The van der Waals surface area contributed by atoms with Crippen LogP contribution in [0.25, 0.3) is 0 Å². The van der Waals surface area contributed by atoms with Crippen molar-refractivity contribution in [2.75, 3.05) is 11.5 Å². The van der Waals surface area contributed by atoms with Crippen LogP contribution < -0.4 is 0 Å². The van der Waals surface area contributed by atoms with Gasteiger partial charge in [0.05, 0.1) is 11.8 Å². The number of aliphatic hydroxyl groups excluding tert-OH is 1. The molecule has 0 aliphatic carbocycles. The lowest BCUT2D eigenvalue weighted by molar-refractivity contribution is 0.384. The Balaban J connectivity index is 3.36. The molecule has 0 fully saturated rings. The van der Waals surface area contributed by atoms with Crippen LogP contribution in [0, 0.1) is 11.3 Å². The first-order chi connectivity index (χ1) is 9.22. The summed E-state index contributed by atoms with van der Waals surface area (Å²) in [6.07, 6.45) is 12.7. The Kier molecular flexibility index (Phi) is 13.8. The Hall–Kier alpha value is -0.370. The predicted molar refractivity (Wildman–Crippen MR) is 85.0 cm³/mol. The summed E-state index contributed by atoms with van der Waals surface area (Å²) in [7, 11) is -0.622. The molecule has 0 saturated carbocycles. The lowest BCUT2D eigenvalue weighted by atomic mass is 10.1. The molecule has 0 spiro atoms. The van der Waals surface area contributed by atoms with Crippen LogP contribution in [0.15, 0.2) is 0 Å². The molecule has 3 nitrogen and oxygen atoms in total. The Morgan fingerprint density at radius 1 is 0.895 bits per heavy atom. The van der Waals surface area contributed by atoms with Crippen LogP contribution in [0.5, 0.6) is 0 Å². The normalized spacial score (nSPS) is 12.1. The van der Waals surface area contributed by atoms with Crippen LogP contribution in [0.3, 0.4) is 0 Å². The van der Waals surface area contributed by atoms with Gasteiger partial charge < -0.3 is 10.2 Å². The molecule has 0 aliphatic rings. The Morgan fingerprint density at radius 3 is 1.79 bits per heavy atom. The molecule has 0 saturated heterocycles. The minimum Gasteiger partial charge on any atom is -0.337 e. The summed E-state index contributed by atoms with van der Waals surface area (Å²) in [4.78, 5) is 0. The predicted octanol–water partition coefficient (Wildman–Crippen LogP) is 4.90. The van der Waals surface area contributed by atoms with Crippen molar-refractivity contribution in [3.63, 3.8) is 0 Å². The van der Waals surface area contributed by atoms with E-state index in [0.29, 0.717) is 0 Å². The van der Waals surface area contributed by atoms with Crippen molar-refractivity contribution in [3.05, 3.63) is 0 Å². The van der Waals surface area contributed by atoms with Crippen LogP contribution >= 0.6 is 10.5 Å². The molecule has 1 unspecified atom stereocenters. The van der Waals surface area contributed by atoms with Gasteiger partial charge in [0, 0.05) is 0 Å². The van der Waals surface area contributed by atoms with Crippen LogP contribution in [0.4, 0.5) is 0 Å². The number of rotatable bonds is 12. The molecule has 0 bridgehead atoms. The van der Waals surface area contributed by atoms with Crippen molar-refractivity contribution < 1.29 is 10.2 Å². The zero-order valence-corrected chi connectivity index (χ0v) is 13.1. The number of aliphatic hydroxyl groups is 2. The Labute approximate surface area is 120 Å². The summed E-state index contributed by atoms with van der Waals surface area (Å²) in [5.74, 6) is 0.978. The van der Waals surface area contributed by atoms with E-state index in [-0.39, 0.29) is 5.75 Å². The van der Waals surface area contributed by atoms with Crippen LogP contribution in [-0.2, 0) is 0 Å². The van der Waals surface area contributed by atoms with E-state index in [1.165, 1.54) is 51.4 Å². The number of hydrogen-bond acceptors (Lipinski definition) is 1. The smallest absolute Gasteiger partial charge is 0.206 e. The van der Waals surface area contributed by atoms with Gasteiger partial charge in [0.2, 0.25) is 5.24 Å². The van der Waals surface area contributed by atoms with Crippen LogP contribution in [0.1, 0.15) is 71.1 Å². The van der Waals surface area contributed by atoms with Gasteiger partial charge in [-0.05, 0) is 12.2 Å². The fraction of sp³-hybridized carbons (Fsp3) is 0.867. The molecular weight excluding hydrogens is 258 g/mol. The molecule has 0 aromatic heterocycles. The first-order valence-electron chi connectivity index (χ1n) is 7.51. The van der Waals surface area contributed by atoms with E-state index < -0.39 is 15.7 Å². The van der Waals surface area contributed by atoms with E-state index in [9.17, 15) is 0 Å². The minimum absolute atomic E-state index is 0.236. The Morgan fingerprint density at radius 2 is 1.37 bits per heavy atom. The maximum absolute atomic E-state index is 9.02. The number of nitrogens with zero attached hydrogens (tertiary/aromatic N) is 1. The standard InChI is InChI=1S/C15H29NO2S/c1-2-3-4-5-6-7-8-9-10-11-13-19(14-12-16)15(17)18/h17-18H,2-11,13-14H2,1H3. The van der Waals surface area contributed by atoms with E-state index in [1.54, 1.807) is 0 Å². The second kappa shape index (κ2) is 14.0. The van der Waals surface area contributed by atoms with Gasteiger partial charge in [-0.15, -0.1) is 10.5 Å². The third-order valence-electron chi connectivity index (χ3n) is 3.24. The maximum atomic E-state index is 9.02. The second-order valence-corrected chi connectivity index (χ2v) is 7.01. The molecule has 0 aromatic rings. The van der Waals surface area contributed by atoms with Gasteiger partial charge in [-0.1, -0.05) is 64.7 Å². The van der Waals surface area contributed by atoms with Crippen molar-refractivity contribution in [1.82, 2.24) is 0 Å². The summed E-state index contributed by atoms with van der Waals surface area (Å²) in [5.41, 5.74) is 0. The van der Waals surface area contributed by atoms with Crippen LogP contribution in [-0.4, -0.2) is 27.0 Å². The van der Waals surface area contributed by atoms with Gasteiger partial charge in [-0.2, -0.15) is 5.26 Å². The van der Waals surface area contributed by atoms with E-state index in [0.717, 1.165) is 18.6 Å². The molecule has 0 aromatic carbocycles. The van der Waals surface area contributed by atoms with Crippen molar-refractivity contribution in [2.45, 2.75) is 71.1 Å². The van der Waals surface area contributed by atoms with E-state index in [4.69, 9.17) is 15.5 Å². The molecule has 2 N–H and O–H groups in total. The third-order valence-corrected chi connectivity index (χ3v) is 5.02. The van der Waals surface area contributed by atoms with Gasteiger partial charge in [0.1, 0.15) is 0 Å². The number of unbranched alkanes of at least 4 members (excludes halogenated alkanes) is 9. The average Bonchev–Trinajstić information content (AvgIpc) is 2.39. The molecular formula is C15H29NO2S. The first kappa shape index (κ1) is 18.6. The van der Waals surface area contributed by atoms with Gasteiger partial charge in [-0.3, -0.25) is 0 Å². The van der Waals surface area contributed by atoms with Crippen molar-refractivity contribution in [2.24, 2.45) is 0 Å². The second-order valence-electron chi connectivity index (χ2n) is 4.96. The highest BCUT2D eigenvalue weighted by Crippen LogP contribution is 2.17. The number of nitriles is 1. The van der Waals surface area contributed by atoms with Crippen molar-refractivity contribution in [3.8, 4) is 6.07 Å². The largest absolute Gasteiger partial charge is 0.337 e. The highest BCUT2D eigenvalue weighted by Gasteiger charge is 2.01. The van der Waals surface area contributed by atoms with Gasteiger partial charge >= 0.3 is 0 Å². The highest BCUT2D eigenvalue weighted by atomic mass is 32.2. The molecule has 0 radical (unpaired) electrons. The molecule has 0 amide bonds. The summed E-state index contributed by atoms with van der Waals surface area (Å²) >= 11 is 0. The molecule has 0 rings (SSSR count). The average molecular weight is 287 g/mol. The molecule has 19 heavy (non-hydrogen) atoms. The molecule has 4 heteroatoms. The topological polar surface area (TPSA) is 64.2 Å². The monoisotopic (exact) mass is 287 g/mol. The quantitative estimate of drug-likeness (QED) is 0.396. The Bertz CT molecular complexity index is 280. The molecule has 112 valence electrons. The van der Waals surface area contributed by atoms with Crippen molar-refractivity contribution >= 4 is 15.7 Å². The molecule has 1 atom stereocenters. The van der Waals surface area contributed by atoms with Crippen LogP contribution in [0.2, 0.25) is 0 Å². The lowest BCUT2D eigenvalue weighted by Crippen LogP contribution is -1.99. The third kappa shape index (κ3) is 12.4.